The Morgan fingerprint density at radius 2 is 2.02 bits per heavy atom. The van der Waals surface area contributed by atoms with Crippen molar-refractivity contribution in [1.29, 1.82) is 0 Å². The number of guanidine groups is 1. The molecule has 2 fully saturated rings. The van der Waals surface area contributed by atoms with Gasteiger partial charge in [-0.25, -0.2) is 0 Å². The van der Waals surface area contributed by atoms with Crippen molar-refractivity contribution in [1.82, 2.24) is 10.6 Å². The quantitative estimate of drug-likeness (QED) is 0.128. The first-order valence-corrected chi connectivity index (χ1v) is 16.9. The number of aromatic hydroxyl groups is 1. The zero-order chi connectivity index (χ0) is 32.0. The van der Waals surface area contributed by atoms with Crippen molar-refractivity contribution in [2.24, 2.45) is 28.0 Å². The number of aliphatic hydroxyl groups is 2. The van der Waals surface area contributed by atoms with E-state index in [-0.39, 0.29) is 47.8 Å². The number of aliphatic hydroxyl groups excluding tert-OH is 2. The number of esters is 1. The van der Waals surface area contributed by atoms with Crippen LogP contribution in [0, 0.1) is 29.1 Å². The highest BCUT2D eigenvalue weighted by Crippen LogP contribution is 2.43. The smallest absolute Gasteiger partial charge is 0.302 e. The van der Waals surface area contributed by atoms with E-state index in [1.165, 1.54) is 6.92 Å². The molecule has 8 unspecified atom stereocenters. The van der Waals surface area contributed by atoms with Gasteiger partial charge in [-0.3, -0.25) is 9.79 Å². The molecule has 10 nitrogen and oxygen atoms in total. The van der Waals surface area contributed by atoms with Gasteiger partial charge in [-0.15, -0.1) is 0 Å². The maximum absolute atomic E-state index is 12.5. The molecule has 1 saturated carbocycles. The van der Waals surface area contributed by atoms with Crippen molar-refractivity contribution in [2.45, 2.75) is 127 Å². The van der Waals surface area contributed by atoms with E-state index in [4.69, 9.17) is 15.2 Å². The van der Waals surface area contributed by atoms with Crippen LogP contribution in [0.4, 0.5) is 0 Å². The topological polar surface area (TPSA) is 159 Å². The zero-order valence-corrected chi connectivity index (χ0v) is 26.9. The molecule has 0 radical (unpaired) electrons. The number of rotatable bonds is 3. The molecule has 7 N–H and O–H groups in total. The van der Waals surface area contributed by atoms with Crippen LogP contribution in [0.2, 0.25) is 0 Å². The van der Waals surface area contributed by atoms with Gasteiger partial charge in [-0.05, 0) is 87.6 Å². The molecule has 4 aliphatic rings. The van der Waals surface area contributed by atoms with E-state index in [1.807, 2.05) is 6.07 Å². The molecule has 1 saturated heterocycles. The van der Waals surface area contributed by atoms with Crippen LogP contribution in [0.25, 0.3) is 0 Å². The van der Waals surface area contributed by atoms with Crippen molar-refractivity contribution >= 4 is 11.9 Å². The molecule has 1 aromatic rings. The van der Waals surface area contributed by atoms with Gasteiger partial charge in [0, 0.05) is 44.3 Å². The summed E-state index contributed by atoms with van der Waals surface area (Å²) in [5.74, 6) is 7.58. The third kappa shape index (κ3) is 8.24. The predicted octanol–water partition coefficient (Wildman–Crippen LogP) is 3.29. The second-order valence-electron chi connectivity index (χ2n) is 13.6. The largest absolute Gasteiger partial charge is 0.504 e. The van der Waals surface area contributed by atoms with Crippen molar-refractivity contribution in [2.75, 3.05) is 13.6 Å². The minimum atomic E-state index is -0.685. The van der Waals surface area contributed by atoms with Gasteiger partial charge in [-0.2, -0.15) is 0 Å². The number of hydrogen-bond donors (Lipinski definition) is 6. The molecule has 1 aromatic carbocycles. The fraction of sp³-hybridized carbons (Fsp3) is 0.714. The molecule has 248 valence electrons. The predicted molar refractivity (Wildman–Crippen MR) is 173 cm³/mol. The van der Waals surface area contributed by atoms with E-state index < -0.39 is 18.2 Å². The highest BCUT2D eigenvalue weighted by Gasteiger charge is 2.42. The lowest BCUT2D eigenvalue weighted by atomic mass is 9.66. The number of nitrogens with two attached hydrogens (primary N) is 1. The molecule has 10 heteroatoms. The monoisotopic (exact) mass is 624 g/mol. The number of nitrogens with zero attached hydrogens (tertiary/aromatic N) is 1. The molecule has 4 bridgehead atoms. The van der Waals surface area contributed by atoms with Crippen molar-refractivity contribution in [3.63, 3.8) is 0 Å². The van der Waals surface area contributed by atoms with E-state index in [2.05, 4.69) is 27.5 Å². The molecule has 2 aliphatic heterocycles. The van der Waals surface area contributed by atoms with Crippen LogP contribution >= 0.6 is 0 Å². The molecule has 8 atom stereocenters. The van der Waals surface area contributed by atoms with Crippen molar-refractivity contribution in [3.8, 4) is 23.3 Å². The highest BCUT2D eigenvalue weighted by atomic mass is 16.5. The van der Waals surface area contributed by atoms with Crippen LogP contribution < -0.4 is 21.1 Å². The molecular formula is C35H52N4O6. The van der Waals surface area contributed by atoms with Gasteiger partial charge >= 0.3 is 5.97 Å². The molecule has 0 amide bonds. The molecular weight excluding hydrogens is 572 g/mol. The van der Waals surface area contributed by atoms with Gasteiger partial charge < -0.3 is 41.2 Å². The minimum Gasteiger partial charge on any atom is -0.504 e. The van der Waals surface area contributed by atoms with Gasteiger partial charge in [0.1, 0.15) is 12.2 Å². The summed E-state index contributed by atoms with van der Waals surface area (Å²) in [4.78, 5) is 16.6. The first kappa shape index (κ1) is 33.4. The van der Waals surface area contributed by atoms with Crippen LogP contribution in [-0.4, -0.2) is 71.2 Å². The van der Waals surface area contributed by atoms with Crippen molar-refractivity contribution in [3.05, 3.63) is 23.3 Å². The number of carbonyl (C=O) groups is 1. The lowest BCUT2D eigenvalue weighted by Crippen LogP contribution is -2.52. The highest BCUT2D eigenvalue weighted by molar-refractivity contribution is 5.78. The van der Waals surface area contributed by atoms with Gasteiger partial charge in [0.25, 0.3) is 0 Å². The Balaban J connectivity index is 1.62. The molecule has 2 heterocycles. The third-order valence-electron chi connectivity index (χ3n) is 10.6. The third-order valence-corrected chi connectivity index (χ3v) is 10.6. The lowest BCUT2D eigenvalue weighted by Gasteiger charge is -2.43. The lowest BCUT2D eigenvalue weighted by molar-refractivity contribution is -0.152. The maximum Gasteiger partial charge on any atom is 0.302 e. The van der Waals surface area contributed by atoms with Gasteiger partial charge in [0.2, 0.25) is 0 Å². The fourth-order valence-corrected chi connectivity index (χ4v) is 8.10. The maximum atomic E-state index is 12.5. The summed E-state index contributed by atoms with van der Waals surface area (Å²) in [7, 11) is 1.68. The zero-order valence-electron chi connectivity index (χ0n) is 26.9. The first-order chi connectivity index (χ1) is 21.7. The number of aliphatic imine (C=N–C) groups is 1. The average Bonchev–Trinajstić information content (AvgIpc) is 3.02. The van der Waals surface area contributed by atoms with E-state index in [9.17, 15) is 20.1 Å². The second kappa shape index (κ2) is 15.1. The second-order valence-corrected chi connectivity index (χ2v) is 13.6. The van der Waals surface area contributed by atoms with Crippen LogP contribution in [0.3, 0.4) is 0 Å². The molecule has 0 aromatic heterocycles. The molecule has 45 heavy (non-hydrogen) atoms. The summed E-state index contributed by atoms with van der Waals surface area (Å²) in [6, 6.07) is 3.74. The minimum absolute atomic E-state index is 0.00897. The van der Waals surface area contributed by atoms with E-state index in [0.717, 1.165) is 69.9 Å². The van der Waals surface area contributed by atoms with Crippen LogP contribution in [-0.2, 0) is 22.6 Å². The SMILES string of the molecule is CN=C(N)NC1CCCCC12C#CC1CCCC3CC(CCN3)Oc3cc(c(CO)cc3O)CC1C(OC(C)=O)CC(O)CC2. The summed E-state index contributed by atoms with van der Waals surface area (Å²) in [5, 5.41) is 39.8. The number of phenolic OH excluding ortho intramolecular Hbond substituents is 1. The normalized spacial score (nSPS) is 34.3. The Hall–Kier alpha value is -3.00. The number of carbonyl (C=O) groups excluding carboxylic acids is 1. The molecule has 2 aliphatic carbocycles. The van der Waals surface area contributed by atoms with E-state index in [0.29, 0.717) is 43.0 Å². The first-order valence-electron chi connectivity index (χ1n) is 16.9. The Labute approximate surface area is 267 Å². The Kier molecular flexibility index (Phi) is 11.2. The summed E-state index contributed by atoms with van der Waals surface area (Å²) >= 11 is 0. The van der Waals surface area contributed by atoms with Crippen LogP contribution in [0.1, 0.15) is 95.1 Å². The number of ether oxygens (including phenoxy) is 2. The number of phenols is 1. The van der Waals surface area contributed by atoms with Gasteiger partial charge in [0.15, 0.2) is 17.5 Å². The van der Waals surface area contributed by atoms with Gasteiger partial charge in [-0.1, -0.05) is 31.1 Å². The fourth-order valence-electron chi connectivity index (χ4n) is 8.10. The Bertz CT molecular complexity index is 1280. The molecule has 5 rings (SSSR count). The van der Waals surface area contributed by atoms with Crippen molar-refractivity contribution < 1.29 is 29.6 Å². The number of piperidine rings is 1. The average molecular weight is 625 g/mol. The summed E-state index contributed by atoms with van der Waals surface area (Å²) < 4.78 is 12.4. The molecule has 1 spiro atoms. The number of fused-ring (bicyclic) bond motifs is 5. The van der Waals surface area contributed by atoms with Crippen LogP contribution in [0.15, 0.2) is 17.1 Å². The number of benzene rings is 1. The van der Waals surface area contributed by atoms with Crippen LogP contribution in [0.5, 0.6) is 11.5 Å². The standard InChI is InChI=1S/C35H52N4O6/c1-22(41)44-31-20-27(42)10-14-35(12-4-3-8-33(35)39-34(36)37-2)13-9-23-6-5-7-26-19-28(11-15-38-26)45-32-18-24(16-29(23)31)25(21-40)17-30(32)43/h17-18,23,26-29,31,33,38,40,42-43H,3-8,10-12,14-16,19-21H2,1-2H3,(H3,36,37,39). The summed E-state index contributed by atoms with van der Waals surface area (Å²) in [6.45, 7) is 2.01. The number of hydrogen-bond acceptors (Lipinski definition) is 8. The Morgan fingerprint density at radius 3 is 2.80 bits per heavy atom. The van der Waals surface area contributed by atoms with E-state index in [1.54, 1.807) is 13.1 Å². The Morgan fingerprint density at radius 1 is 1.18 bits per heavy atom. The summed E-state index contributed by atoms with van der Waals surface area (Å²) in [5.41, 5.74) is 7.23. The number of nitrogens with one attached hydrogen (secondary N) is 2. The summed E-state index contributed by atoms with van der Waals surface area (Å²) in [6.07, 6.45) is 9.06. The van der Waals surface area contributed by atoms with Gasteiger partial charge in [0.05, 0.1) is 18.1 Å². The van der Waals surface area contributed by atoms with E-state index >= 15 is 0 Å².